The Hall–Kier alpha value is -0.870. The molecule has 5 fully saturated rings. The molecule has 1 saturated heterocycles. The van der Waals surface area contributed by atoms with Crippen molar-refractivity contribution < 1.29 is 4.74 Å². The molecule has 4 saturated carbocycles. The number of fused-ring (bicyclic) bond motifs is 1. The first-order valence-corrected chi connectivity index (χ1v) is 16.3. The third-order valence-electron chi connectivity index (χ3n) is 10.9. The van der Waals surface area contributed by atoms with Crippen molar-refractivity contribution >= 4 is 5.90 Å². The maximum absolute atomic E-state index is 6.34. The van der Waals surface area contributed by atoms with E-state index in [1.54, 1.807) is 0 Å². The Morgan fingerprint density at radius 1 is 0.694 bits per heavy atom. The maximum atomic E-state index is 6.34. The second-order valence-corrected chi connectivity index (χ2v) is 13.3. The summed E-state index contributed by atoms with van der Waals surface area (Å²) < 4.78 is 6.34. The zero-order valence-corrected chi connectivity index (χ0v) is 22.9. The van der Waals surface area contributed by atoms with E-state index in [0.29, 0.717) is 18.1 Å². The third kappa shape index (κ3) is 6.06. The lowest BCUT2D eigenvalue weighted by Crippen LogP contribution is -2.51. The second-order valence-electron chi connectivity index (χ2n) is 13.3. The highest BCUT2D eigenvalue weighted by atomic mass is 16.5. The Morgan fingerprint density at radius 2 is 1.36 bits per heavy atom. The number of hydrogen-bond donors (Lipinski definition) is 1. The van der Waals surface area contributed by atoms with Gasteiger partial charge in [0.25, 0.3) is 0 Å². The zero-order chi connectivity index (χ0) is 24.2. The number of aliphatic imine (C=N–C) groups is 1. The highest BCUT2D eigenvalue weighted by Crippen LogP contribution is 2.39. The molecule has 0 amide bonds. The van der Waals surface area contributed by atoms with Gasteiger partial charge in [-0.25, -0.2) is 4.99 Å². The highest BCUT2D eigenvalue weighted by molar-refractivity contribution is 5.89. The standard InChI is InChI=1S/C32H53N3O/c1-3-9-26(10-4-1)35(27-11-5-2-6-12-27)28-18-14-24(15-19-28)16-21-32-34-30-23-25(17-20-31(30)36-32)29-13-7-8-22-33-29/h16,21,24-31,33H,1-15,17-20,22-23H2. The molecule has 0 aromatic rings. The summed E-state index contributed by atoms with van der Waals surface area (Å²) in [5, 5.41) is 3.79. The van der Waals surface area contributed by atoms with Crippen molar-refractivity contribution in [2.24, 2.45) is 16.8 Å². The van der Waals surface area contributed by atoms with Gasteiger partial charge < -0.3 is 10.1 Å². The van der Waals surface area contributed by atoms with Crippen molar-refractivity contribution in [1.29, 1.82) is 0 Å². The fourth-order valence-corrected chi connectivity index (χ4v) is 8.97. The third-order valence-corrected chi connectivity index (χ3v) is 10.9. The number of nitrogens with one attached hydrogen (secondary N) is 1. The number of nitrogens with zero attached hydrogens (tertiary/aromatic N) is 2. The average molecular weight is 496 g/mol. The van der Waals surface area contributed by atoms with Gasteiger partial charge in [0.2, 0.25) is 5.90 Å². The van der Waals surface area contributed by atoms with Crippen LogP contribution in [0.1, 0.15) is 128 Å². The molecule has 0 aromatic carbocycles. The monoisotopic (exact) mass is 495 g/mol. The average Bonchev–Trinajstić information content (AvgIpc) is 3.37. The van der Waals surface area contributed by atoms with Crippen molar-refractivity contribution in [2.45, 2.75) is 165 Å². The lowest BCUT2D eigenvalue weighted by atomic mass is 9.78. The highest BCUT2D eigenvalue weighted by Gasteiger charge is 2.39. The summed E-state index contributed by atoms with van der Waals surface area (Å²) in [5.41, 5.74) is 0. The predicted molar refractivity (Wildman–Crippen MR) is 150 cm³/mol. The van der Waals surface area contributed by atoms with Crippen LogP contribution in [0, 0.1) is 11.8 Å². The van der Waals surface area contributed by atoms with E-state index in [2.05, 4.69) is 22.4 Å². The minimum Gasteiger partial charge on any atom is -0.472 e. The van der Waals surface area contributed by atoms with Crippen LogP contribution in [0.5, 0.6) is 0 Å². The van der Waals surface area contributed by atoms with E-state index < -0.39 is 0 Å². The van der Waals surface area contributed by atoms with Crippen LogP contribution in [-0.2, 0) is 4.74 Å². The smallest absolute Gasteiger partial charge is 0.208 e. The molecule has 0 spiro atoms. The minimum absolute atomic E-state index is 0.347. The summed E-state index contributed by atoms with van der Waals surface area (Å²) >= 11 is 0. The molecular weight excluding hydrogens is 442 g/mol. The number of rotatable bonds is 6. The van der Waals surface area contributed by atoms with Crippen molar-refractivity contribution in [3.05, 3.63) is 12.2 Å². The first-order valence-electron chi connectivity index (χ1n) is 16.3. The van der Waals surface area contributed by atoms with E-state index in [9.17, 15) is 0 Å². The van der Waals surface area contributed by atoms with Crippen molar-refractivity contribution in [3.8, 4) is 0 Å². The van der Waals surface area contributed by atoms with Gasteiger partial charge in [-0.1, -0.05) is 51.0 Å². The van der Waals surface area contributed by atoms with E-state index in [4.69, 9.17) is 9.73 Å². The Kier molecular flexibility index (Phi) is 8.70. The summed E-state index contributed by atoms with van der Waals surface area (Å²) in [5.74, 6) is 2.46. The van der Waals surface area contributed by atoms with Gasteiger partial charge in [0.05, 0.1) is 6.04 Å². The van der Waals surface area contributed by atoms with Crippen LogP contribution in [0.25, 0.3) is 0 Å². The Bertz CT molecular complexity index is 720. The molecule has 6 rings (SSSR count). The Morgan fingerprint density at radius 3 is 2.03 bits per heavy atom. The van der Waals surface area contributed by atoms with Crippen LogP contribution in [0.4, 0.5) is 0 Å². The minimum atomic E-state index is 0.347. The van der Waals surface area contributed by atoms with Gasteiger partial charge in [0, 0.05) is 24.2 Å². The molecule has 2 aliphatic heterocycles. The zero-order valence-electron chi connectivity index (χ0n) is 22.9. The number of piperidine rings is 1. The molecule has 6 aliphatic rings. The van der Waals surface area contributed by atoms with E-state index in [1.165, 1.54) is 135 Å². The number of hydrogen-bond acceptors (Lipinski definition) is 4. The SMILES string of the molecule is C(=CC1CCC(N(C2CCCCC2)C2CCCCC2)CC1)C1=NC2CC(C3CCCCN3)CCC2O1. The lowest BCUT2D eigenvalue weighted by molar-refractivity contribution is 0.0182. The summed E-state index contributed by atoms with van der Waals surface area (Å²) in [7, 11) is 0. The van der Waals surface area contributed by atoms with Crippen LogP contribution in [0.2, 0.25) is 0 Å². The molecule has 0 radical (unpaired) electrons. The van der Waals surface area contributed by atoms with Crippen molar-refractivity contribution in [3.63, 3.8) is 0 Å². The predicted octanol–water partition coefficient (Wildman–Crippen LogP) is 7.18. The Labute approximate surface area is 221 Å². The molecule has 0 bridgehead atoms. The molecular formula is C32H53N3O. The van der Waals surface area contributed by atoms with Crippen molar-refractivity contribution in [1.82, 2.24) is 10.2 Å². The van der Waals surface area contributed by atoms with E-state index in [-0.39, 0.29) is 0 Å². The Balaban J connectivity index is 1.01. The molecule has 202 valence electrons. The van der Waals surface area contributed by atoms with E-state index in [1.807, 2.05) is 0 Å². The number of allylic oxidation sites excluding steroid dienone is 1. The first-order chi connectivity index (χ1) is 17.8. The molecule has 0 aromatic heterocycles. The molecule has 4 atom stereocenters. The molecule has 4 heteroatoms. The van der Waals surface area contributed by atoms with Crippen LogP contribution >= 0.6 is 0 Å². The molecule has 4 aliphatic carbocycles. The van der Waals surface area contributed by atoms with Crippen LogP contribution in [-0.4, -0.2) is 53.7 Å². The molecule has 36 heavy (non-hydrogen) atoms. The normalized spacial score (nSPS) is 39.2. The van der Waals surface area contributed by atoms with Gasteiger partial charge in [-0.2, -0.15) is 0 Å². The topological polar surface area (TPSA) is 36.9 Å². The second kappa shape index (κ2) is 12.3. The summed E-state index contributed by atoms with van der Waals surface area (Å²) in [6.45, 7) is 1.21. The molecule has 4 nitrogen and oxygen atoms in total. The van der Waals surface area contributed by atoms with Crippen LogP contribution in [0.15, 0.2) is 17.1 Å². The molecule has 2 heterocycles. The molecule has 4 unspecified atom stereocenters. The van der Waals surface area contributed by atoms with Gasteiger partial charge in [-0.05, 0) is 108 Å². The maximum Gasteiger partial charge on any atom is 0.208 e. The summed E-state index contributed by atoms with van der Waals surface area (Å²) in [6.07, 6.45) is 33.1. The fourth-order valence-electron chi connectivity index (χ4n) is 8.97. The quantitative estimate of drug-likeness (QED) is 0.424. The van der Waals surface area contributed by atoms with Gasteiger partial charge in [-0.3, -0.25) is 4.90 Å². The lowest BCUT2D eigenvalue weighted by Gasteiger charge is -2.48. The summed E-state index contributed by atoms with van der Waals surface area (Å²) in [6, 6.07) is 3.75. The van der Waals surface area contributed by atoms with Gasteiger partial charge in [0.1, 0.15) is 6.10 Å². The van der Waals surface area contributed by atoms with Gasteiger partial charge in [-0.15, -0.1) is 0 Å². The van der Waals surface area contributed by atoms with Crippen molar-refractivity contribution in [2.75, 3.05) is 6.54 Å². The van der Waals surface area contributed by atoms with Crippen LogP contribution < -0.4 is 5.32 Å². The largest absolute Gasteiger partial charge is 0.472 e. The summed E-state index contributed by atoms with van der Waals surface area (Å²) in [4.78, 5) is 8.18. The first kappa shape index (κ1) is 25.4. The van der Waals surface area contributed by atoms with Crippen LogP contribution in [0.3, 0.4) is 0 Å². The van der Waals surface area contributed by atoms with E-state index >= 15 is 0 Å². The number of ether oxygens (including phenoxy) is 1. The fraction of sp³-hybridized carbons (Fsp3) is 0.906. The van der Waals surface area contributed by atoms with E-state index in [0.717, 1.165) is 36.0 Å². The van der Waals surface area contributed by atoms with Gasteiger partial charge in [0.15, 0.2) is 0 Å². The molecule has 1 N–H and O–H groups in total. The van der Waals surface area contributed by atoms with Gasteiger partial charge >= 0.3 is 0 Å².